The fraction of sp³-hybridized carbons (Fsp3) is 0.385. The maximum Gasteiger partial charge on any atom is 0.321 e. The third-order valence-electron chi connectivity index (χ3n) is 2.66. The van der Waals surface area contributed by atoms with Crippen LogP contribution in [0.3, 0.4) is 0 Å². The van der Waals surface area contributed by atoms with E-state index < -0.39 is 17.8 Å². The zero-order valence-corrected chi connectivity index (χ0v) is 10.9. The number of hydrogen-bond donors (Lipinski definition) is 2. The Balaban J connectivity index is 2.55. The molecule has 6 heteroatoms. The van der Waals surface area contributed by atoms with Gasteiger partial charge in [0, 0.05) is 25.2 Å². The topological polar surface area (TPSA) is 69.6 Å². The lowest BCUT2D eigenvalue weighted by Gasteiger charge is -2.21. The summed E-state index contributed by atoms with van der Waals surface area (Å²) in [4.78, 5) is 23.6. The number of carbonyl (C=O) groups excluding carboxylic acids is 1. The molecular weight excluding hydrogens is 251 g/mol. The Morgan fingerprint density at radius 3 is 2.74 bits per heavy atom. The van der Waals surface area contributed by atoms with Crippen molar-refractivity contribution in [1.29, 1.82) is 0 Å². The Morgan fingerprint density at radius 2 is 2.16 bits per heavy atom. The summed E-state index contributed by atoms with van der Waals surface area (Å²) in [5.74, 6) is -1.32. The van der Waals surface area contributed by atoms with Crippen molar-refractivity contribution in [1.82, 2.24) is 5.32 Å². The summed E-state index contributed by atoms with van der Waals surface area (Å²) >= 11 is 0. The maximum atomic E-state index is 13.0. The molecule has 2 N–H and O–H groups in total. The summed E-state index contributed by atoms with van der Waals surface area (Å²) in [5, 5.41) is 11.2. The summed E-state index contributed by atoms with van der Waals surface area (Å²) in [6.45, 7) is 1.72. The summed E-state index contributed by atoms with van der Waals surface area (Å²) in [7, 11) is 1.52. The van der Waals surface area contributed by atoms with E-state index in [2.05, 4.69) is 5.32 Å². The molecule has 5 nitrogen and oxygen atoms in total. The number of carboxylic acids is 1. The lowest BCUT2D eigenvalue weighted by atomic mass is 10.2. The van der Waals surface area contributed by atoms with E-state index >= 15 is 0 Å². The first-order valence-electron chi connectivity index (χ1n) is 5.91. The number of nitrogens with one attached hydrogen (secondary N) is 1. The van der Waals surface area contributed by atoms with Crippen molar-refractivity contribution in [2.45, 2.75) is 25.8 Å². The summed E-state index contributed by atoms with van der Waals surface area (Å²) < 4.78 is 13.0. The summed E-state index contributed by atoms with van der Waals surface area (Å²) in [5.41, 5.74) is 0.433. The van der Waals surface area contributed by atoms with Gasteiger partial charge in [-0.3, -0.25) is 9.69 Å². The molecule has 104 valence electrons. The van der Waals surface area contributed by atoms with Gasteiger partial charge in [-0.2, -0.15) is 0 Å². The van der Waals surface area contributed by atoms with Gasteiger partial charge in [0.05, 0.1) is 0 Å². The van der Waals surface area contributed by atoms with E-state index in [-0.39, 0.29) is 12.5 Å². The van der Waals surface area contributed by atoms with Crippen LogP contribution in [0.2, 0.25) is 0 Å². The van der Waals surface area contributed by atoms with Crippen LogP contribution in [0.4, 0.5) is 14.9 Å². The van der Waals surface area contributed by atoms with E-state index in [9.17, 15) is 14.0 Å². The molecule has 0 radical (unpaired) electrons. The fourth-order valence-corrected chi connectivity index (χ4v) is 1.52. The van der Waals surface area contributed by atoms with E-state index in [1.54, 1.807) is 13.0 Å². The molecule has 1 aromatic rings. The number of nitrogens with zero attached hydrogens (tertiary/aromatic N) is 1. The van der Waals surface area contributed by atoms with Gasteiger partial charge in [0.2, 0.25) is 0 Å². The average Bonchev–Trinajstić information content (AvgIpc) is 2.35. The van der Waals surface area contributed by atoms with E-state index in [0.717, 1.165) is 0 Å². The van der Waals surface area contributed by atoms with E-state index in [1.807, 2.05) is 0 Å². The number of hydrogen-bond acceptors (Lipinski definition) is 2. The van der Waals surface area contributed by atoms with Crippen molar-refractivity contribution >= 4 is 17.7 Å². The molecule has 19 heavy (non-hydrogen) atoms. The van der Waals surface area contributed by atoms with Crippen LogP contribution in [0.1, 0.15) is 19.8 Å². The van der Waals surface area contributed by atoms with E-state index in [0.29, 0.717) is 12.1 Å². The highest BCUT2D eigenvalue weighted by molar-refractivity contribution is 5.91. The predicted molar refractivity (Wildman–Crippen MR) is 69.7 cm³/mol. The second kappa shape index (κ2) is 6.72. The Hall–Kier alpha value is -2.11. The zero-order valence-electron chi connectivity index (χ0n) is 10.9. The fourth-order valence-electron chi connectivity index (χ4n) is 1.52. The monoisotopic (exact) mass is 268 g/mol. The van der Waals surface area contributed by atoms with Crippen LogP contribution in [0.15, 0.2) is 24.3 Å². The van der Waals surface area contributed by atoms with Crippen LogP contribution < -0.4 is 10.2 Å². The van der Waals surface area contributed by atoms with Crippen molar-refractivity contribution in [3.63, 3.8) is 0 Å². The molecular formula is C13H17FN2O3. The van der Waals surface area contributed by atoms with Gasteiger partial charge in [-0.25, -0.2) is 9.18 Å². The molecule has 0 heterocycles. The molecule has 0 bridgehead atoms. The molecule has 1 rings (SSSR count). The van der Waals surface area contributed by atoms with Gasteiger partial charge in [0.1, 0.15) is 5.82 Å². The first kappa shape index (κ1) is 14.9. The largest absolute Gasteiger partial charge is 0.481 e. The maximum absolute atomic E-state index is 13.0. The highest BCUT2D eigenvalue weighted by Gasteiger charge is 2.14. The van der Waals surface area contributed by atoms with Crippen LogP contribution in [-0.2, 0) is 4.79 Å². The van der Waals surface area contributed by atoms with Crippen LogP contribution >= 0.6 is 0 Å². The molecule has 0 saturated carbocycles. The number of anilines is 1. The van der Waals surface area contributed by atoms with E-state index in [1.165, 1.54) is 30.1 Å². The van der Waals surface area contributed by atoms with Gasteiger partial charge in [0.25, 0.3) is 0 Å². The third-order valence-corrected chi connectivity index (χ3v) is 2.66. The lowest BCUT2D eigenvalue weighted by molar-refractivity contribution is -0.137. The number of aliphatic carboxylic acids is 1. The highest BCUT2D eigenvalue weighted by atomic mass is 19.1. The number of carboxylic acid groups (broad SMARTS) is 1. The molecule has 0 aliphatic heterocycles. The summed E-state index contributed by atoms with van der Waals surface area (Å²) in [6, 6.07) is 5.02. The smallest absolute Gasteiger partial charge is 0.321 e. The second-order valence-electron chi connectivity index (χ2n) is 4.32. The van der Waals surface area contributed by atoms with Gasteiger partial charge in [-0.05, 0) is 31.5 Å². The first-order chi connectivity index (χ1) is 8.90. The number of carbonyl (C=O) groups is 2. The Morgan fingerprint density at radius 1 is 1.47 bits per heavy atom. The molecule has 1 aromatic carbocycles. The van der Waals surface area contributed by atoms with Crippen molar-refractivity contribution < 1.29 is 19.1 Å². The average molecular weight is 268 g/mol. The minimum atomic E-state index is -0.903. The van der Waals surface area contributed by atoms with Gasteiger partial charge in [-0.15, -0.1) is 0 Å². The van der Waals surface area contributed by atoms with E-state index in [4.69, 9.17) is 5.11 Å². The molecule has 0 aromatic heterocycles. The molecule has 0 aliphatic rings. The number of rotatable bonds is 5. The zero-order chi connectivity index (χ0) is 14.4. The van der Waals surface area contributed by atoms with Crippen LogP contribution in [0.25, 0.3) is 0 Å². The molecule has 2 amide bonds. The minimum Gasteiger partial charge on any atom is -0.481 e. The Kier molecular flexibility index (Phi) is 5.29. The lowest BCUT2D eigenvalue weighted by Crippen LogP contribution is -2.42. The quantitative estimate of drug-likeness (QED) is 0.860. The molecule has 0 aliphatic carbocycles. The molecule has 1 atom stereocenters. The van der Waals surface area contributed by atoms with Crippen molar-refractivity contribution in [3.05, 3.63) is 30.1 Å². The first-order valence-corrected chi connectivity index (χ1v) is 5.91. The number of amides is 2. The molecule has 0 saturated heterocycles. The van der Waals surface area contributed by atoms with Crippen LogP contribution in [0, 0.1) is 5.82 Å². The number of benzene rings is 1. The second-order valence-corrected chi connectivity index (χ2v) is 4.32. The number of halogens is 1. The molecule has 0 fully saturated rings. The SMILES string of the molecule is CC(CCC(=O)O)NC(=O)N(C)c1cccc(F)c1. The van der Waals surface area contributed by atoms with Crippen molar-refractivity contribution in [2.24, 2.45) is 0 Å². The predicted octanol–water partition coefficient (Wildman–Crippen LogP) is 2.22. The van der Waals surface area contributed by atoms with Crippen LogP contribution in [-0.4, -0.2) is 30.2 Å². The summed E-state index contributed by atoms with van der Waals surface area (Å²) in [6.07, 6.45) is 0.336. The van der Waals surface area contributed by atoms with Gasteiger partial charge >= 0.3 is 12.0 Å². The van der Waals surface area contributed by atoms with Crippen molar-refractivity contribution in [3.8, 4) is 0 Å². The third kappa shape index (κ3) is 4.95. The molecule has 1 unspecified atom stereocenters. The minimum absolute atomic E-state index is 0.00880. The normalized spacial score (nSPS) is 11.7. The Bertz CT molecular complexity index is 465. The van der Waals surface area contributed by atoms with Crippen LogP contribution in [0.5, 0.6) is 0 Å². The Labute approximate surface area is 111 Å². The highest BCUT2D eigenvalue weighted by Crippen LogP contribution is 2.14. The van der Waals surface area contributed by atoms with Gasteiger partial charge in [0.15, 0.2) is 0 Å². The molecule has 0 spiro atoms. The standard InChI is InChI=1S/C13H17FN2O3/c1-9(6-7-12(17)18)15-13(19)16(2)11-5-3-4-10(14)8-11/h3-5,8-9H,6-7H2,1-2H3,(H,15,19)(H,17,18). The number of urea groups is 1. The van der Waals surface area contributed by atoms with Gasteiger partial charge < -0.3 is 10.4 Å². The van der Waals surface area contributed by atoms with Gasteiger partial charge in [-0.1, -0.05) is 6.07 Å². The van der Waals surface area contributed by atoms with Crippen molar-refractivity contribution in [2.75, 3.05) is 11.9 Å².